The molecule has 29 heavy (non-hydrogen) atoms. The number of hydrogen-bond donors (Lipinski definition) is 2. The minimum atomic E-state index is -0.155. The van der Waals surface area contributed by atoms with Crippen molar-refractivity contribution < 1.29 is 19.1 Å². The van der Waals surface area contributed by atoms with E-state index in [1.54, 1.807) is 12.0 Å². The summed E-state index contributed by atoms with van der Waals surface area (Å²) in [5.74, 6) is -0.0226. The summed E-state index contributed by atoms with van der Waals surface area (Å²) in [7, 11) is 1.61. The number of rotatable bonds is 6. The summed E-state index contributed by atoms with van der Waals surface area (Å²) in [5.41, 5.74) is 0. The number of methoxy groups -OCH3 is 1. The lowest BCUT2D eigenvalue weighted by Crippen LogP contribution is -2.53. The third-order valence-corrected chi connectivity index (χ3v) is 6.50. The van der Waals surface area contributed by atoms with Crippen molar-refractivity contribution in [3.8, 4) is 0 Å². The first-order chi connectivity index (χ1) is 14.1. The van der Waals surface area contributed by atoms with Crippen molar-refractivity contribution in [2.45, 2.75) is 69.9 Å². The Kier molecular flexibility index (Phi) is 8.15. The van der Waals surface area contributed by atoms with Crippen LogP contribution in [0.4, 0.5) is 4.79 Å². The van der Waals surface area contributed by atoms with Gasteiger partial charge in [0.1, 0.15) is 0 Å². The molecule has 2 heterocycles. The highest BCUT2D eigenvalue weighted by Gasteiger charge is 2.32. The Balaban J connectivity index is 1.39. The van der Waals surface area contributed by atoms with Crippen LogP contribution >= 0.6 is 0 Å². The standard InChI is InChI=1S/C21H36N4O4/c1-29-14-13-25-15-16(7-8-19(25)26)20(27)22-18-9-11-24(12-10-18)21(28)23-17-5-3-2-4-6-17/h16-18H,2-15H2,1H3,(H,22,27)(H,23,28). The van der Waals surface area contributed by atoms with Crippen molar-refractivity contribution in [1.29, 1.82) is 0 Å². The monoisotopic (exact) mass is 408 g/mol. The van der Waals surface area contributed by atoms with E-state index >= 15 is 0 Å². The summed E-state index contributed by atoms with van der Waals surface area (Å²) < 4.78 is 5.06. The molecule has 2 saturated heterocycles. The largest absolute Gasteiger partial charge is 0.383 e. The summed E-state index contributed by atoms with van der Waals surface area (Å²) in [4.78, 5) is 40.8. The van der Waals surface area contributed by atoms with Gasteiger partial charge in [0.2, 0.25) is 11.8 Å². The van der Waals surface area contributed by atoms with Gasteiger partial charge in [-0.2, -0.15) is 0 Å². The first-order valence-electron chi connectivity index (χ1n) is 11.2. The number of hydrogen-bond acceptors (Lipinski definition) is 4. The van der Waals surface area contributed by atoms with Crippen LogP contribution in [0.2, 0.25) is 0 Å². The van der Waals surface area contributed by atoms with Gasteiger partial charge >= 0.3 is 6.03 Å². The Labute approximate surface area is 173 Å². The second kappa shape index (κ2) is 10.8. The van der Waals surface area contributed by atoms with E-state index in [1.807, 2.05) is 4.90 Å². The van der Waals surface area contributed by atoms with Gasteiger partial charge in [-0.25, -0.2) is 4.79 Å². The van der Waals surface area contributed by atoms with Gasteiger partial charge in [-0.1, -0.05) is 19.3 Å². The van der Waals surface area contributed by atoms with Crippen LogP contribution in [0.15, 0.2) is 0 Å². The zero-order valence-electron chi connectivity index (χ0n) is 17.7. The first-order valence-corrected chi connectivity index (χ1v) is 11.2. The quantitative estimate of drug-likeness (QED) is 0.697. The van der Waals surface area contributed by atoms with Crippen molar-refractivity contribution in [1.82, 2.24) is 20.4 Å². The molecule has 1 atom stereocenters. The van der Waals surface area contributed by atoms with Crippen molar-refractivity contribution >= 4 is 17.8 Å². The molecule has 0 aromatic carbocycles. The molecule has 164 valence electrons. The van der Waals surface area contributed by atoms with Crippen LogP contribution in [0.1, 0.15) is 57.8 Å². The maximum atomic E-state index is 12.7. The predicted molar refractivity (Wildman–Crippen MR) is 109 cm³/mol. The summed E-state index contributed by atoms with van der Waals surface area (Å²) >= 11 is 0. The van der Waals surface area contributed by atoms with Crippen LogP contribution in [-0.2, 0) is 14.3 Å². The minimum Gasteiger partial charge on any atom is -0.383 e. The average molecular weight is 409 g/mol. The van der Waals surface area contributed by atoms with E-state index in [1.165, 1.54) is 19.3 Å². The van der Waals surface area contributed by atoms with Crippen molar-refractivity contribution in [3.63, 3.8) is 0 Å². The molecule has 3 fully saturated rings. The highest BCUT2D eigenvalue weighted by molar-refractivity contribution is 5.84. The van der Waals surface area contributed by atoms with Crippen LogP contribution in [0.3, 0.4) is 0 Å². The smallest absolute Gasteiger partial charge is 0.317 e. The van der Waals surface area contributed by atoms with E-state index in [4.69, 9.17) is 4.74 Å². The van der Waals surface area contributed by atoms with E-state index in [0.717, 1.165) is 25.7 Å². The highest BCUT2D eigenvalue weighted by atomic mass is 16.5. The molecular weight excluding hydrogens is 372 g/mol. The van der Waals surface area contributed by atoms with Crippen LogP contribution in [0.5, 0.6) is 0 Å². The number of nitrogens with one attached hydrogen (secondary N) is 2. The lowest BCUT2D eigenvalue weighted by molar-refractivity contribution is -0.139. The fourth-order valence-electron chi connectivity index (χ4n) is 4.61. The summed E-state index contributed by atoms with van der Waals surface area (Å²) in [6, 6.07) is 0.469. The predicted octanol–water partition coefficient (Wildman–Crippen LogP) is 1.49. The zero-order chi connectivity index (χ0) is 20.6. The molecule has 4 amide bonds. The SMILES string of the molecule is COCCN1CC(C(=O)NC2CCN(C(=O)NC3CCCCC3)CC2)CCC1=O. The molecule has 8 nitrogen and oxygen atoms in total. The molecule has 1 saturated carbocycles. The number of urea groups is 1. The normalized spacial score (nSPS) is 24.4. The molecule has 2 N–H and O–H groups in total. The zero-order valence-corrected chi connectivity index (χ0v) is 17.7. The van der Waals surface area contributed by atoms with E-state index in [2.05, 4.69) is 10.6 Å². The topological polar surface area (TPSA) is 91.0 Å². The maximum Gasteiger partial charge on any atom is 0.317 e. The molecule has 0 aromatic rings. The van der Waals surface area contributed by atoms with Crippen LogP contribution in [-0.4, -0.2) is 79.6 Å². The average Bonchev–Trinajstić information content (AvgIpc) is 2.74. The van der Waals surface area contributed by atoms with Gasteiger partial charge in [-0.05, 0) is 32.1 Å². The minimum absolute atomic E-state index is 0.0324. The second-order valence-electron chi connectivity index (χ2n) is 8.62. The third-order valence-electron chi connectivity index (χ3n) is 6.50. The van der Waals surface area contributed by atoms with Gasteiger partial charge < -0.3 is 25.2 Å². The number of piperidine rings is 2. The first kappa shape index (κ1) is 21.9. The molecule has 3 aliphatic rings. The molecule has 0 spiro atoms. The molecule has 1 unspecified atom stereocenters. The van der Waals surface area contributed by atoms with Gasteiger partial charge in [0.05, 0.1) is 12.5 Å². The van der Waals surface area contributed by atoms with Crippen LogP contribution in [0.25, 0.3) is 0 Å². The Morgan fingerprint density at radius 2 is 1.69 bits per heavy atom. The van der Waals surface area contributed by atoms with Crippen molar-refractivity contribution in [3.05, 3.63) is 0 Å². The Hall–Kier alpha value is -1.83. The van der Waals surface area contributed by atoms with Crippen LogP contribution in [0, 0.1) is 5.92 Å². The van der Waals surface area contributed by atoms with Crippen molar-refractivity contribution in [2.75, 3.05) is 39.9 Å². The fourth-order valence-corrected chi connectivity index (χ4v) is 4.61. The number of carbonyl (C=O) groups excluding carboxylic acids is 3. The lowest BCUT2D eigenvalue weighted by atomic mass is 9.95. The molecule has 0 bridgehead atoms. The molecule has 2 aliphatic heterocycles. The molecule has 0 aromatic heterocycles. The Morgan fingerprint density at radius 3 is 2.38 bits per heavy atom. The number of likely N-dealkylation sites (tertiary alicyclic amines) is 2. The molecule has 8 heteroatoms. The van der Waals surface area contributed by atoms with E-state index < -0.39 is 0 Å². The second-order valence-corrected chi connectivity index (χ2v) is 8.62. The van der Waals surface area contributed by atoms with Gasteiger partial charge in [-0.3, -0.25) is 9.59 Å². The van der Waals surface area contributed by atoms with E-state index in [-0.39, 0.29) is 29.8 Å². The summed E-state index contributed by atoms with van der Waals surface area (Å²) in [6.07, 6.45) is 8.44. The number of carbonyl (C=O) groups is 3. The molecule has 3 rings (SSSR count). The number of amides is 4. The van der Waals surface area contributed by atoms with Gasteiger partial charge in [0.25, 0.3) is 0 Å². The third kappa shape index (κ3) is 6.32. The van der Waals surface area contributed by atoms with E-state index in [9.17, 15) is 14.4 Å². The summed E-state index contributed by atoms with van der Waals surface area (Å²) in [5, 5.41) is 6.33. The Morgan fingerprint density at radius 1 is 1.00 bits per heavy atom. The number of nitrogens with zero attached hydrogens (tertiary/aromatic N) is 2. The Bertz CT molecular complexity index is 571. The van der Waals surface area contributed by atoms with Crippen LogP contribution < -0.4 is 10.6 Å². The van der Waals surface area contributed by atoms with Gasteiger partial charge in [0, 0.05) is 51.8 Å². The lowest BCUT2D eigenvalue weighted by Gasteiger charge is -2.36. The number of ether oxygens (including phenoxy) is 1. The highest BCUT2D eigenvalue weighted by Crippen LogP contribution is 2.20. The maximum absolute atomic E-state index is 12.7. The molecular formula is C21H36N4O4. The fraction of sp³-hybridized carbons (Fsp3) is 0.857. The molecule has 0 radical (unpaired) electrons. The van der Waals surface area contributed by atoms with E-state index in [0.29, 0.717) is 51.7 Å². The van der Waals surface area contributed by atoms with Gasteiger partial charge in [0.15, 0.2) is 0 Å². The molecule has 1 aliphatic carbocycles. The van der Waals surface area contributed by atoms with Gasteiger partial charge in [-0.15, -0.1) is 0 Å². The van der Waals surface area contributed by atoms with Crippen molar-refractivity contribution in [2.24, 2.45) is 5.92 Å². The summed E-state index contributed by atoms with van der Waals surface area (Å²) in [6.45, 7) is 2.84.